The molecule has 1 heterocycles. The first-order valence-electron chi connectivity index (χ1n) is 7.69. The fourth-order valence-electron chi connectivity index (χ4n) is 2.86. The van der Waals surface area contributed by atoms with Crippen LogP contribution in [0.4, 0.5) is 0 Å². The highest BCUT2D eigenvalue weighted by Crippen LogP contribution is 2.29. The number of nitrogens with zero attached hydrogens (tertiary/aromatic N) is 1. The SMILES string of the molecule is CCCCC(C)N1C(=O)C(C)NC1c1ccc(C)cc1. The van der Waals surface area contributed by atoms with Gasteiger partial charge in [0, 0.05) is 6.04 Å². The molecule has 2 rings (SSSR count). The first-order valence-corrected chi connectivity index (χ1v) is 7.69. The quantitative estimate of drug-likeness (QED) is 0.892. The lowest BCUT2D eigenvalue weighted by atomic mass is 10.1. The lowest BCUT2D eigenvalue weighted by Gasteiger charge is -2.30. The molecule has 1 N–H and O–H groups in total. The van der Waals surface area contributed by atoms with Crippen molar-refractivity contribution in [1.29, 1.82) is 0 Å². The predicted molar refractivity (Wildman–Crippen MR) is 82.4 cm³/mol. The lowest BCUT2D eigenvalue weighted by molar-refractivity contribution is -0.131. The number of aryl methyl sites for hydroxylation is 1. The average molecular weight is 274 g/mol. The van der Waals surface area contributed by atoms with E-state index in [2.05, 4.69) is 50.4 Å². The molecule has 0 bridgehead atoms. The second kappa shape index (κ2) is 6.40. The molecule has 3 nitrogen and oxygen atoms in total. The van der Waals surface area contributed by atoms with E-state index < -0.39 is 0 Å². The molecule has 1 aliphatic rings. The van der Waals surface area contributed by atoms with Crippen LogP contribution in [0, 0.1) is 6.92 Å². The summed E-state index contributed by atoms with van der Waals surface area (Å²) in [5, 5.41) is 3.42. The topological polar surface area (TPSA) is 32.3 Å². The molecule has 3 heteroatoms. The first-order chi connectivity index (χ1) is 9.54. The van der Waals surface area contributed by atoms with Gasteiger partial charge >= 0.3 is 0 Å². The number of hydrogen-bond acceptors (Lipinski definition) is 2. The van der Waals surface area contributed by atoms with Crippen LogP contribution in [-0.4, -0.2) is 22.9 Å². The number of carbonyl (C=O) groups excluding carboxylic acids is 1. The summed E-state index contributed by atoms with van der Waals surface area (Å²) in [4.78, 5) is 14.5. The van der Waals surface area contributed by atoms with Gasteiger partial charge in [0.1, 0.15) is 6.17 Å². The van der Waals surface area contributed by atoms with Crippen LogP contribution < -0.4 is 5.32 Å². The third-order valence-electron chi connectivity index (χ3n) is 4.15. The summed E-state index contributed by atoms with van der Waals surface area (Å²) in [7, 11) is 0. The lowest BCUT2D eigenvalue weighted by Crippen LogP contribution is -2.38. The van der Waals surface area contributed by atoms with Crippen molar-refractivity contribution in [3.05, 3.63) is 35.4 Å². The normalized spacial score (nSPS) is 24.2. The maximum atomic E-state index is 12.4. The van der Waals surface area contributed by atoms with Crippen LogP contribution in [0.25, 0.3) is 0 Å². The van der Waals surface area contributed by atoms with E-state index in [1.54, 1.807) is 0 Å². The molecule has 0 aromatic heterocycles. The van der Waals surface area contributed by atoms with Crippen molar-refractivity contribution < 1.29 is 4.79 Å². The van der Waals surface area contributed by atoms with Crippen molar-refractivity contribution in [3.8, 4) is 0 Å². The number of hydrogen-bond donors (Lipinski definition) is 1. The van der Waals surface area contributed by atoms with Crippen molar-refractivity contribution in [2.75, 3.05) is 0 Å². The Labute approximate surface area is 122 Å². The molecule has 3 atom stereocenters. The second-order valence-electron chi connectivity index (χ2n) is 5.94. The minimum absolute atomic E-state index is 0.0185. The number of unbranched alkanes of at least 4 members (excludes halogenated alkanes) is 1. The highest BCUT2D eigenvalue weighted by atomic mass is 16.2. The van der Waals surface area contributed by atoms with Gasteiger partial charge in [-0.15, -0.1) is 0 Å². The van der Waals surface area contributed by atoms with E-state index in [4.69, 9.17) is 0 Å². The van der Waals surface area contributed by atoms with Gasteiger partial charge in [-0.2, -0.15) is 0 Å². The van der Waals surface area contributed by atoms with Crippen molar-refractivity contribution in [2.45, 2.75) is 65.2 Å². The van der Waals surface area contributed by atoms with E-state index in [1.165, 1.54) is 24.0 Å². The molecular formula is C17H26N2O. The van der Waals surface area contributed by atoms with Crippen molar-refractivity contribution in [3.63, 3.8) is 0 Å². The number of nitrogens with one attached hydrogen (secondary N) is 1. The Morgan fingerprint density at radius 2 is 1.95 bits per heavy atom. The standard InChI is InChI=1S/C17H26N2O/c1-5-6-7-13(3)19-16(18-14(4)17(19)20)15-10-8-12(2)9-11-15/h8-11,13-14,16,18H,5-7H2,1-4H3. The molecular weight excluding hydrogens is 248 g/mol. The van der Waals surface area contributed by atoms with Crippen LogP contribution in [0.5, 0.6) is 0 Å². The van der Waals surface area contributed by atoms with E-state index in [0.29, 0.717) is 0 Å². The summed E-state index contributed by atoms with van der Waals surface area (Å²) in [5.41, 5.74) is 2.42. The van der Waals surface area contributed by atoms with Gasteiger partial charge in [0.2, 0.25) is 5.91 Å². The number of rotatable bonds is 5. The van der Waals surface area contributed by atoms with Crippen LogP contribution in [-0.2, 0) is 4.79 Å². The Morgan fingerprint density at radius 3 is 2.55 bits per heavy atom. The molecule has 0 spiro atoms. The maximum Gasteiger partial charge on any atom is 0.241 e. The molecule has 1 aromatic rings. The number of amides is 1. The van der Waals surface area contributed by atoms with E-state index in [0.717, 1.165) is 6.42 Å². The molecule has 1 saturated heterocycles. The highest BCUT2D eigenvalue weighted by molar-refractivity contribution is 5.84. The summed E-state index contributed by atoms with van der Waals surface area (Å²) in [6.45, 7) is 8.39. The molecule has 20 heavy (non-hydrogen) atoms. The van der Waals surface area contributed by atoms with Crippen LogP contribution in [0.15, 0.2) is 24.3 Å². The van der Waals surface area contributed by atoms with Gasteiger partial charge in [-0.1, -0.05) is 49.6 Å². The Kier molecular flexibility index (Phi) is 4.81. The summed E-state index contributed by atoms with van der Waals surface area (Å²) in [6.07, 6.45) is 3.42. The van der Waals surface area contributed by atoms with Gasteiger partial charge in [-0.25, -0.2) is 0 Å². The third-order valence-corrected chi connectivity index (χ3v) is 4.15. The Hall–Kier alpha value is -1.35. The minimum atomic E-state index is -0.0922. The summed E-state index contributed by atoms with van der Waals surface area (Å²) in [6, 6.07) is 8.66. The van der Waals surface area contributed by atoms with Crippen LogP contribution in [0.1, 0.15) is 57.3 Å². The average Bonchev–Trinajstić information content (AvgIpc) is 2.73. The summed E-state index contributed by atoms with van der Waals surface area (Å²) in [5.74, 6) is 0.221. The molecule has 110 valence electrons. The Morgan fingerprint density at radius 1 is 1.30 bits per heavy atom. The monoisotopic (exact) mass is 274 g/mol. The summed E-state index contributed by atoms with van der Waals surface area (Å²) >= 11 is 0. The molecule has 1 aliphatic heterocycles. The Bertz CT molecular complexity index is 455. The van der Waals surface area contributed by atoms with E-state index >= 15 is 0 Å². The molecule has 3 unspecified atom stereocenters. The Balaban J connectivity index is 2.21. The molecule has 1 amide bonds. The van der Waals surface area contributed by atoms with E-state index in [9.17, 15) is 4.79 Å². The zero-order chi connectivity index (χ0) is 14.7. The smallest absolute Gasteiger partial charge is 0.241 e. The van der Waals surface area contributed by atoms with Gasteiger partial charge in [0.05, 0.1) is 6.04 Å². The fourth-order valence-corrected chi connectivity index (χ4v) is 2.86. The zero-order valence-electron chi connectivity index (χ0n) is 13.0. The van der Waals surface area contributed by atoms with Gasteiger partial charge in [0.15, 0.2) is 0 Å². The van der Waals surface area contributed by atoms with Crippen molar-refractivity contribution in [1.82, 2.24) is 10.2 Å². The molecule has 1 fully saturated rings. The first kappa shape index (κ1) is 15.0. The second-order valence-corrected chi connectivity index (χ2v) is 5.94. The van der Waals surface area contributed by atoms with E-state index in [-0.39, 0.29) is 24.2 Å². The van der Waals surface area contributed by atoms with Gasteiger partial charge in [-0.05, 0) is 32.8 Å². The summed E-state index contributed by atoms with van der Waals surface area (Å²) < 4.78 is 0. The predicted octanol–water partition coefficient (Wildman–Crippen LogP) is 3.39. The molecule has 0 aliphatic carbocycles. The maximum absolute atomic E-state index is 12.4. The fraction of sp³-hybridized carbons (Fsp3) is 0.588. The van der Waals surface area contributed by atoms with Crippen molar-refractivity contribution in [2.24, 2.45) is 0 Å². The third kappa shape index (κ3) is 3.04. The number of carbonyl (C=O) groups is 1. The zero-order valence-corrected chi connectivity index (χ0v) is 13.0. The minimum Gasteiger partial charge on any atom is -0.319 e. The largest absolute Gasteiger partial charge is 0.319 e. The molecule has 1 aromatic carbocycles. The highest BCUT2D eigenvalue weighted by Gasteiger charge is 2.39. The molecule has 0 radical (unpaired) electrons. The van der Waals surface area contributed by atoms with Gasteiger partial charge in [-0.3, -0.25) is 10.1 Å². The van der Waals surface area contributed by atoms with E-state index in [1.807, 2.05) is 11.8 Å². The van der Waals surface area contributed by atoms with Gasteiger partial charge in [0.25, 0.3) is 0 Å². The van der Waals surface area contributed by atoms with Crippen LogP contribution in [0.2, 0.25) is 0 Å². The van der Waals surface area contributed by atoms with Crippen LogP contribution >= 0.6 is 0 Å². The van der Waals surface area contributed by atoms with Crippen LogP contribution in [0.3, 0.4) is 0 Å². The van der Waals surface area contributed by atoms with Gasteiger partial charge < -0.3 is 4.90 Å². The van der Waals surface area contributed by atoms with Crippen molar-refractivity contribution >= 4 is 5.91 Å². The number of benzene rings is 1. The molecule has 0 saturated carbocycles.